The van der Waals surface area contributed by atoms with Crippen molar-refractivity contribution in [3.05, 3.63) is 6.20 Å². The quantitative estimate of drug-likeness (QED) is 0.636. The highest BCUT2D eigenvalue weighted by Crippen LogP contribution is 2.44. The van der Waals surface area contributed by atoms with Crippen LogP contribution in [0.3, 0.4) is 0 Å². The second-order valence-electron chi connectivity index (χ2n) is 3.92. The van der Waals surface area contributed by atoms with Gasteiger partial charge in [0, 0.05) is 11.3 Å². The minimum atomic E-state index is -2.58. The number of nitrogens with two attached hydrogens (primary N) is 1. The minimum absolute atomic E-state index is 0.250. The van der Waals surface area contributed by atoms with Gasteiger partial charge in [-0.25, -0.2) is 9.78 Å². The van der Waals surface area contributed by atoms with Gasteiger partial charge in [0.25, 0.3) is 0 Å². The molecule has 0 saturated heterocycles. The molecule has 0 spiro atoms. The number of rotatable bonds is 4. The number of methoxy groups -OCH3 is 1. The first-order valence-corrected chi connectivity index (χ1v) is 7.05. The Morgan fingerprint density at radius 3 is 2.72 bits per heavy atom. The van der Waals surface area contributed by atoms with E-state index in [1.807, 2.05) is 0 Å². The molecule has 2 N–H and O–H groups in total. The van der Waals surface area contributed by atoms with Gasteiger partial charge in [0.05, 0.1) is 13.3 Å². The van der Waals surface area contributed by atoms with Gasteiger partial charge in [0.2, 0.25) is 0 Å². The molecule has 0 aliphatic heterocycles. The normalized spacial score (nSPS) is 18.8. The van der Waals surface area contributed by atoms with Crippen LogP contribution in [0, 0.1) is 0 Å². The Kier molecular flexibility index (Phi) is 3.55. The van der Waals surface area contributed by atoms with Crippen LogP contribution in [0.2, 0.25) is 0 Å². The van der Waals surface area contributed by atoms with E-state index in [-0.39, 0.29) is 5.13 Å². The number of nitrogens with zero attached hydrogens (tertiary/aromatic N) is 2. The van der Waals surface area contributed by atoms with Crippen LogP contribution in [0.15, 0.2) is 6.20 Å². The van der Waals surface area contributed by atoms with Gasteiger partial charge in [-0.3, -0.25) is 8.51 Å². The van der Waals surface area contributed by atoms with Crippen LogP contribution >= 0.6 is 11.3 Å². The van der Waals surface area contributed by atoms with E-state index in [9.17, 15) is 13.6 Å². The lowest BCUT2D eigenvalue weighted by molar-refractivity contribution is -0.149. The van der Waals surface area contributed by atoms with Gasteiger partial charge in [-0.1, -0.05) is 11.3 Å². The first-order valence-electron chi connectivity index (χ1n) is 5.20. The Hall–Kier alpha value is -1.19. The van der Waals surface area contributed by atoms with E-state index in [4.69, 9.17) is 10.5 Å². The lowest BCUT2D eigenvalue weighted by atomic mass is 9.77. The topological polar surface area (TPSA) is 109 Å². The van der Waals surface area contributed by atoms with Crippen LogP contribution in [0.5, 0.6) is 0 Å². The molecule has 0 radical (unpaired) electrons. The monoisotopic (exact) mass is 290 g/mol. The fourth-order valence-corrected chi connectivity index (χ4v) is 3.71. The van der Waals surface area contributed by atoms with Crippen molar-refractivity contribution in [3.8, 4) is 0 Å². The molecule has 100 valence electrons. The highest BCUT2D eigenvalue weighted by molar-refractivity contribution is 7.81. The van der Waals surface area contributed by atoms with Crippen molar-refractivity contribution in [1.82, 2.24) is 4.98 Å². The number of hydrogen-bond acceptors (Lipinski definition) is 7. The minimum Gasteiger partial charge on any atom is -0.755 e. The molecule has 1 saturated carbocycles. The Balaban J connectivity index is 2.41. The molecule has 1 aliphatic carbocycles. The molecule has 1 aliphatic rings. The molecule has 1 heterocycles. The Labute approximate surface area is 110 Å². The zero-order chi connectivity index (χ0) is 13.3. The van der Waals surface area contributed by atoms with E-state index in [0.29, 0.717) is 17.8 Å². The van der Waals surface area contributed by atoms with Crippen molar-refractivity contribution >= 4 is 38.7 Å². The molecule has 18 heavy (non-hydrogen) atoms. The molecule has 1 fully saturated rings. The van der Waals surface area contributed by atoms with Gasteiger partial charge < -0.3 is 15.0 Å². The molecule has 1 unspecified atom stereocenters. The molecule has 7 nitrogen and oxygen atoms in total. The van der Waals surface area contributed by atoms with Crippen LogP contribution in [0.25, 0.3) is 0 Å². The zero-order valence-corrected chi connectivity index (χ0v) is 11.3. The van der Waals surface area contributed by atoms with Crippen LogP contribution in [-0.4, -0.2) is 32.4 Å². The van der Waals surface area contributed by atoms with E-state index < -0.39 is 22.8 Å². The maximum Gasteiger partial charge on any atom is 0.332 e. The molecular weight excluding hydrogens is 278 g/mol. The summed E-state index contributed by atoms with van der Waals surface area (Å²) in [5, 5.41) is 0.575. The van der Waals surface area contributed by atoms with E-state index >= 15 is 0 Å². The van der Waals surface area contributed by atoms with Crippen molar-refractivity contribution in [2.75, 3.05) is 17.1 Å². The summed E-state index contributed by atoms with van der Waals surface area (Å²) in [6, 6.07) is 0. The number of nitrogen functional groups attached to an aromatic ring is 1. The van der Waals surface area contributed by atoms with Gasteiger partial charge in [-0.05, 0) is 19.3 Å². The SMILES string of the molecule is COC(=O)C1(N(c2cnc(N)s2)S(=O)[O-])CCC1. The molecule has 1 aromatic heterocycles. The third kappa shape index (κ3) is 1.98. The van der Waals surface area contributed by atoms with Crippen LogP contribution in [0.4, 0.5) is 10.1 Å². The van der Waals surface area contributed by atoms with Gasteiger partial charge >= 0.3 is 5.97 Å². The third-order valence-corrected chi connectivity index (χ3v) is 4.77. The number of hydrogen-bond donors (Lipinski definition) is 1. The predicted octanol–water partition coefficient (Wildman–Crippen LogP) is 0.421. The van der Waals surface area contributed by atoms with E-state index in [1.165, 1.54) is 13.3 Å². The molecule has 2 rings (SSSR count). The lowest BCUT2D eigenvalue weighted by Crippen LogP contribution is -2.60. The second kappa shape index (κ2) is 4.82. The second-order valence-corrected chi connectivity index (χ2v) is 5.76. The highest BCUT2D eigenvalue weighted by Gasteiger charge is 2.52. The maximum atomic E-state index is 11.9. The number of anilines is 2. The molecular formula is C9H12N3O4S2-. The number of aromatic nitrogens is 1. The number of ether oxygens (including phenoxy) is 1. The van der Waals surface area contributed by atoms with Crippen LogP contribution in [-0.2, 0) is 20.8 Å². The smallest absolute Gasteiger partial charge is 0.332 e. The highest BCUT2D eigenvalue weighted by atomic mass is 32.2. The molecule has 9 heteroatoms. The Bertz CT molecular complexity index is 486. The van der Waals surface area contributed by atoms with Gasteiger partial charge in [0.15, 0.2) is 10.7 Å². The van der Waals surface area contributed by atoms with Crippen molar-refractivity contribution in [1.29, 1.82) is 0 Å². The summed E-state index contributed by atoms with van der Waals surface area (Å²) in [6.07, 6.45) is 2.99. The van der Waals surface area contributed by atoms with Crippen molar-refractivity contribution in [2.45, 2.75) is 24.8 Å². The third-order valence-electron chi connectivity index (χ3n) is 3.00. The van der Waals surface area contributed by atoms with Crippen LogP contribution in [0.1, 0.15) is 19.3 Å². The zero-order valence-electron chi connectivity index (χ0n) is 9.62. The fourth-order valence-electron chi connectivity index (χ4n) is 1.99. The maximum absolute atomic E-state index is 11.9. The predicted molar refractivity (Wildman–Crippen MR) is 66.5 cm³/mol. The molecule has 0 amide bonds. The number of thiazole rings is 1. The molecule has 1 atom stereocenters. The summed E-state index contributed by atoms with van der Waals surface area (Å²) in [7, 11) is 1.25. The van der Waals surface area contributed by atoms with E-state index in [0.717, 1.165) is 22.1 Å². The van der Waals surface area contributed by atoms with Crippen LogP contribution < -0.4 is 10.0 Å². The lowest BCUT2D eigenvalue weighted by Gasteiger charge is -2.47. The fraction of sp³-hybridized carbons (Fsp3) is 0.556. The van der Waals surface area contributed by atoms with Gasteiger partial charge in [0.1, 0.15) is 5.00 Å². The average Bonchev–Trinajstić information content (AvgIpc) is 2.67. The van der Waals surface area contributed by atoms with Crippen molar-refractivity contribution < 1.29 is 18.3 Å². The summed E-state index contributed by atoms with van der Waals surface area (Å²) in [5.41, 5.74) is 4.35. The van der Waals surface area contributed by atoms with E-state index in [1.54, 1.807) is 0 Å². The van der Waals surface area contributed by atoms with Crippen molar-refractivity contribution in [3.63, 3.8) is 0 Å². The van der Waals surface area contributed by atoms with Gasteiger partial charge in [-0.2, -0.15) is 0 Å². The Morgan fingerprint density at radius 1 is 1.72 bits per heavy atom. The summed E-state index contributed by atoms with van der Waals surface area (Å²) >= 11 is -1.56. The molecule has 0 aromatic carbocycles. The summed E-state index contributed by atoms with van der Waals surface area (Å²) in [5.74, 6) is -0.551. The van der Waals surface area contributed by atoms with Gasteiger partial charge in [-0.15, -0.1) is 0 Å². The number of carbonyl (C=O) groups is 1. The first kappa shape index (κ1) is 13.2. The summed E-state index contributed by atoms with van der Waals surface area (Å²) in [4.78, 5) is 15.7. The average molecular weight is 290 g/mol. The number of carbonyl (C=O) groups excluding carboxylic acids is 1. The first-order chi connectivity index (χ1) is 8.51. The Morgan fingerprint density at radius 2 is 2.39 bits per heavy atom. The van der Waals surface area contributed by atoms with Crippen molar-refractivity contribution in [2.24, 2.45) is 0 Å². The largest absolute Gasteiger partial charge is 0.755 e. The molecule has 0 bridgehead atoms. The van der Waals surface area contributed by atoms with E-state index in [2.05, 4.69) is 4.98 Å². The number of esters is 1. The summed E-state index contributed by atoms with van der Waals surface area (Å²) < 4.78 is 28.6. The summed E-state index contributed by atoms with van der Waals surface area (Å²) in [6.45, 7) is 0. The molecule has 1 aromatic rings. The standard InChI is InChI=1S/C9H13N3O4S2/c1-16-7(13)9(3-2-4-9)12(18(14)15)6-5-11-8(10)17-6/h5H,2-4H2,1H3,(H2,10,11)(H,14,15)/p-1.